The number of likely N-dealkylation sites (N-methyl/N-ethyl adjacent to an activating group) is 1. The average Bonchev–Trinajstić information content (AvgIpc) is 2.71. The summed E-state index contributed by atoms with van der Waals surface area (Å²) in [5.74, 6) is 0.472. The minimum Gasteiger partial charge on any atom is -0.352 e. The number of rotatable bonds is 9. The van der Waals surface area contributed by atoms with Crippen molar-refractivity contribution in [2.75, 3.05) is 26.2 Å². The van der Waals surface area contributed by atoms with Gasteiger partial charge in [0.15, 0.2) is 0 Å². The number of carbonyl (C=O) groups excluding carboxylic acids is 2. The number of amides is 2. The molecule has 0 radical (unpaired) electrons. The molecule has 1 saturated carbocycles. The van der Waals surface area contributed by atoms with Crippen molar-refractivity contribution in [2.45, 2.75) is 59.2 Å². The van der Waals surface area contributed by atoms with E-state index in [1.807, 2.05) is 25.7 Å². The molecule has 5 nitrogen and oxygen atoms in total. The molecule has 2 amide bonds. The van der Waals surface area contributed by atoms with Gasteiger partial charge in [-0.1, -0.05) is 6.07 Å². The summed E-state index contributed by atoms with van der Waals surface area (Å²) in [5.41, 5.74) is 1.96. The molecule has 156 valence electrons. The number of hydrogen-bond acceptors (Lipinski definition) is 3. The standard InChI is InChI=1S/C22H34FN3O2/c1-4-26(5-2)21(27)15-24-20-8-6-17(7-9-20)14-25-22(28)19-11-16(3)10-18(12-19)13-23/h10-12,17,20,24H,4-9,13-15H2,1-3H3,(H,25,28). The van der Waals surface area contributed by atoms with E-state index in [0.29, 0.717) is 36.2 Å². The van der Waals surface area contributed by atoms with Gasteiger partial charge in [-0.3, -0.25) is 9.59 Å². The molecule has 0 bridgehead atoms. The van der Waals surface area contributed by atoms with Gasteiger partial charge in [-0.15, -0.1) is 0 Å². The normalized spacial score (nSPS) is 19.3. The van der Waals surface area contributed by atoms with Crippen molar-refractivity contribution in [2.24, 2.45) is 5.92 Å². The van der Waals surface area contributed by atoms with Crippen LogP contribution in [0.4, 0.5) is 4.39 Å². The van der Waals surface area contributed by atoms with Crippen LogP contribution in [0.5, 0.6) is 0 Å². The Morgan fingerprint density at radius 3 is 2.39 bits per heavy atom. The smallest absolute Gasteiger partial charge is 0.251 e. The third kappa shape index (κ3) is 6.59. The van der Waals surface area contributed by atoms with Crippen LogP contribution < -0.4 is 10.6 Å². The second kappa shape index (κ2) is 11.1. The Kier molecular flexibility index (Phi) is 8.90. The van der Waals surface area contributed by atoms with Gasteiger partial charge in [0.1, 0.15) is 6.67 Å². The number of benzene rings is 1. The summed E-state index contributed by atoms with van der Waals surface area (Å²) >= 11 is 0. The van der Waals surface area contributed by atoms with Crippen LogP contribution in [0.25, 0.3) is 0 Å². The van der Waals surface area contributed by atoms with Gasteiger partial charge >= 0.3 is 0 Å². The van der Waals surface area contributed by atoms with Gasteiger partial charge in [-0.2, -0.15) is 0 Å². The summed E-state index contributed by atoms with van der Waals surface area (Å²) in [6.07, 6.45) is 4.09. The van der Waals surface area contributed by atoms with Crippen molar-refractivity contribution >= 4 is 11.8 Å². The first-order valence-corrected chi connectivity index (χ1v) is 10.4. The lowest BCUT2D eigenvalue weighted by atomic mass is 9.86. The minimum absolute atomic E-state index is 0.136. The second-order valence-corrected chi connectivity index (χ2v) is 7.72. The molecule has 0 spiro atoms. The molecule has 1 aromatic carbocycles. The van der Waals surface area contributed by atoms with E-state index in [9.17, 15) is 14.0 Å². The molecule has 0 aromatic heterocycles. The third-order valence-corrected chi connectivity index (χ3v) is 5.61. The molecule has 0 unspecified atom stereocenters. The molecule has 28 heavy (non-hydrogen) atoms. The molecule has 1 fully saturated rings. The largest absolute Gasteiger partial charge is 0.352 e. The van der Waals surface area contributed by atoms with E-state index in [0.717, 1.165) is 44.3 Å². The lowest BCUT2D eigenvalue weighted by Crippen LogP contribution is -2.43. The van der Waals surface area contributed by atoms with Crippen LogP contribution in [-0.2, 0) is 11.5 Å². The van der Waals surface area contributed by atoms with E-state index in [1.54, 1.807) is 18.2 Å². The highest BCUT2D eigenvalue weighted by Crippen LogP contribution is 2.24. The molecule has 0 atom stereocenters. The maximum Gasteiger partial charge on any atom is 0.251 e. The summed E-state index contributed by atoms with van der Waals surface area (Å²) in [6.45, 7) is 7.84. The number of carbonyl (C=O) groups is 2. The monoisotopic (exact) mass is 391 g/mol. The average molecular weight is 392 g/mol. The lowest BCUT2D eigenvalue weighted by Gasteiger charge is -2.30. The van der Waals surface area contributed by atoms with Crippen LogP contribution in [0.1, 0.15) is 61.0 Å². The highest BCUT2D eigenvalue weighted by molar-refractivity contribution is 5.94. The molecule has 1 aliphatic rings. The first kappa shape index (κ1) is 22.3. The predicted octanol–water partition coefficient (Wildman–Crippen LogP) is 3.21. The molecule has 6 heteroatoms. The molecule has 1 aromatic rings. The zero-order valence-electron chi connectivity index (χ0n) is 17.4. The van der Waals surface area contributed by atoms with Gasteiger partial charge < -0.3 is 15.5 Å². The highest BCUT2D eigenvalue weighted by Gasteiger charge is 2.22. The van der Waals surface area contributed by atoms with Gasteiger partial charge in [0.25, 0.3) is 5.91 Å². The third-order valence-electron chi connectivity index (χ3n) is 5.61. The fraction of sp³-hybridized carbons (Fsp3) is 0.636. The van der Waals surface area contributed by atoms with Crippen LogP contribution in [0, 0.1) is 12.8 Å². The zero-order chi connectivity index (χ0) is 20.5. The van der Waals surface area contributed by atoms with Gasteiger partial charge in [0.2, 0.25) is 5.91 Å². The molecule has 0 heterocycles. The maximum atomic E-state index is 12.9. The summed E-state index contributed by atoms with van der Waals surface area (Å²) in [6, 6.07) is 5.55. The van der Waals surface area contributed by atoms with E-state index < -0.39 is 6.67 Å². The zero-order valence-corrected chi connectivity index (χ0v) is 17.4. The summed E-state index contributed by atoms with van der Waals surface area (Å²) in [5, 5.41) is 6.39. The highest BCUT2D eigenvalue weighted by atomic mass is 19.1. The fourth-order valence-corrected chi connectivity index (χ4v) is 3.90. The molecule has 2 N–H and O–H groups in total. The molecule has 1 aliphatic carbocycles. The van der Waals surface area contributed by atoms with Crippen LogP contribution in [0.3, 0.4) is 0 Å². The molecule has 0 saturated heterocycles. The van der Waals surface area contributed by atoms with Gasteiger partial charge in [-0.25, -0.2) is 4.39 Å². The Bertz CT molecular complexity index is 653. The van der Waals surface area contributed by atoms with Crippen LogP contribution in [-0.4, -0.2) is 48.9 Å². The Labute approximate surface area is 168 Å². The minimum atomic E-state index is -0.560. The Balaban J connectivity index is 1.72. The molecular formula is C22H34FN3O2. The number of aryl methyl sites for hydroxylation is 1. The van der Waals surface area contributed by atoms with E-state index in [2.05, 4.69) is 10.6 Å². The number of halogens is 1. The quantitative estimate of drug-likeness (QED) is 0.680. The number of alkyl halides is 1. The molecule has 2 rings (SSSR count). The summed E-state index contributed by atoms with van der Waals surface area (Å²) in [7, 11) is 0. The summed E-state index contributed by atoms with van der Waals surface area (Å²) < 4.78 is 12.9. The lowest BCUT2D eigenvalue weighted by molar-refractivity contribution is -0.130. The fourth-order valence-electron chi connectivity index (χ4n) is 3.90. The SMILES string of the molecule is CCN(CC)C(=O)CNC1CCC(CNC(=O)c2cc(C)cc(CF)c2)CC1. The first-order valence-electron chi connectivity index (χ1n) is 10.4. The van der Waals surface area contributed by atoms with Gasteiger partial charge in [-0.05, 0) is 75.6 Å². The summed E-state index contributed by atoms with van der Waals surface area (Å²) in [4.78, 5) is 26.3. The van der Waals surface area contributed by atoms with E-state index in [1.165, 1.54) is 0 Å². The topological polar surface area (TPSA) is 61.4 Å². The first-order chi connectivity index (χ1) is 13.5. The molecule has 0 aliphatic heterocycles. The van der Waals surface area contributed by atoms with Crippen molar-refractivity contribution in [1.29, 1.82) is 0 Å². The van der Waals surface area contributed by atoms with E-state index >= 15 is 0 Å². The van der Waals surface area contributed by atoms with Crippen molar-refractivity contribution in [3.05, 3.63) is 34.9 Å². The number of nitrogens with zero attached hydrogens (tertiary/aromatic N) is 1. The van der Waals surface area contributed by atoms with Crippen LogP contribution in [0.2, 0.25) is 0 Å². The second-order valence-electron chi connectivity index (χ2n) is 7.72. The van der Waals surface area contributed by atoms with Crippen molar-refractivity contribution < 1.29 is 14.0 Å². The number of hydrogen-bond donors (Lipinski definition) is 2. The van der Waals surface area contributed by atoms with Crippen LogP contribution >= 0.6 is 0 Å². The van der Waals surface area contributed by atoms with E-state index in [4.69, 9.17) is 0 Å². The Morgan fingerprint density at radius 2 is 1.79 bits per heavy atom. The van der Waals surface area contributed by atoms with Gasteiger partial charge in [0.05, 0.1) is 6.54 Å². The van der Waals surface area contributed by atoms with E-state index in [-0.39, 0.29) is 11.8 Å². The predicted molar refractivity (Wildman–Crippen MR) is 110 cm³/mol. The van der Waals surface area contributed by atoms with Crippen LogP contribution in [0.15, 0.2) is 18.2 Å². The van der Waals surface area contributed by atoms with Crippen molar-refractivity contribution in [1.82, 2.24) is 15.5 Å². The van der Waals surface area contributed by atoms with Gasteiger partial charge in [0, 0.05) is 31.2 Å². The Morgan fingerprint density at radius 1 is 1.11 bits per heavy atom. The number of nitrogens with one attached hydrogen (secondary N) is 2. The van der Waals surface area contributed by atoms with Crippen molar-refractivity contribution in [3.8, 4) is 0 Å². The van der Waals surface area contributed by atoms with Crippen molar-refractivity contribution in [3.63, 3.8) is 0 Å². The molecular weight excluding hydrogens is 357 g/mol. The Hall–Kier alpha value is -1.95. The maximum absolute atomic E-state index is 12.9.